The molecule has 1 saturated carbocycles. The van der Waals surface area contributed by atoms with Crippen LogP contribution in [0, 0.1) is 5.92 Å². The smallest absolute Gasteiger partial charge is 0.0568 e. The fourth-order valence-corrected chi connectivity index (χ4v) is 3.34. The molecule has 1 heterocycles. The van der Waals surface area contributed by atoms with E-state index in [1.165, 1.54) is 51.6 Å². The molecule has 0 aromatic carbocycles. The number of likely N-dealkylation sites (tertiary alicyclic amines) is 1. The molecule has 2 aliphatic rings. The molecule has 1 saturated heterocycles. The maximum Gasteiger partial charge on any atom is 0.0568 e. The van der Waals surface area contributed by atoms with Crippen LogP contribution in [0.5, 0.6) is 0 Å². The third kappa shape index (κ3) is 2.73. The third-order valence-electron chi connectivity index (χ3n) is 4.38. The lowest BCUT2D eigenvalue weighted by atomic mass is 10.0. The molecule has 3 unspecified atom stereocenters. The van der Waals surface area contributed by atoms with E-state index in [0.717, 1.165) is 12.5 Å². The molecule has 2 fully saturated rings. The van der Waals surface area contributed by atoms with E-state index in [1.54, 1.807) is 0 Å². The van der Waals surface area contributed by atoms with Gasteiger partial charge < -0.3 is 10.0 Å². The zero-order valence-electron chi connectivity index (χ0n) is 9.99. The minimum atomic E-state index is 0.00711. The largest absolute Gasteiger partial charge is 0.393 e. The monoisotopic (exact) mass is 211 g/mol. The Morgan fingerprint density at radius 2 is 2.07 bits per heavy atom. The van der Waals surface area contributed by atoms with Crippen LogP contribution in [0.3, 0.4) is 0 Å². The maximum atomic E-state index is 9.77. The Hall–Kier alpha value is -0.0800. The minimum absolute atomic E-state index is 0.00711. The van der Waals surface area contributed by atoms with Crippen LogP contribution in [0.1, 0.15) is 51.9 Å². The van der Waals surface area contributed by atoms with E-state index in [0.29, 0.717) is 5.92 Å². The summed E-state index contributed by atoms with van der Waals surface area (Å²) in [7, 11) is 0. The highest BCUT2D eigenvalue weighted by Gasteiger charge is 2.28. The maximum absolute atomic E-state index is 9.77. The number of hydrogen-bond acceptors (Lipinski definition) is 2. The highest BCUT2D eigenvalue weighted by atomic mass is 16.3. The summed E-state index contributed by atoms with van der Waals surface area (Å²) < 4.78 is 0. The Balaban J connectivity index is 1.72. The normalized spacial score (nSPS) is 37.6. The molecule has 2 heteroatoms. The van der Waals surface area contributed by atoms with Gasteiger partial charge in [0.25, 0.3) is 0 Å². The molecule has 0 spiro atoms. The second-order valence-corrected chi connectivity index (χ2v) is 5.29. The Labute approximate surface area is 93.7 Å². The fraction of sp³-hybridized carbons (Fsp3) is 1.00. The number of hydrogen-bond donors (Lipinski definition) is 1. The lowest BCUT2D eigenvalue weighted by molar-refractivity contribution is 0.116. The van der Waals surface area contributed by atoms with Gasteiger partial charge in [0.2, 0.25) is 0 Å². The summed E-state index contributed by atoms with van der Waals surface area (Å²) >= 11 is 0. The molecule has 1 aliphatic heterocycles. The van der Waals surface area contributed by atoms with Crippen LogP contribution in [-0.4, -0.2) is 35.2 Å². The highest BCUT2D eigenvalue weighted by molar-refractivity contribution is 4.81. The van der Waals surface area contributed by atoms with Crippen molar-refractivity contribution in [1.82, 2.24) is 4.90 Å². The van der Waals surface area contributed by atoms with E-state index in [-0.39, 0.29) is 6.10 Å². The molecule has 1 N–H and O–H groups in total. The van der Waals surface area contributed by atoms with E-state index < -0.39 is 0 Å². The van der Waals surface area contributed by atoms with Crippen LogP contribution in [0.15, 0.2) is 0 Å². The lowest BCUT2D eigenvalue weighted by Crippen LogP contribution is -2.31. The predicted octanol–water partition coefficient (Wildman–Crippen LogP) is 2.41. The van der Waals surface area contributed by atoms with E-state index in [9.17, 15) is 5.11 Å². The molecule has 3 atom stereocenters. The molecule has 0 radical (unpaired) electrons. The zero-order valence-corrected chi connectivity index (χ0v) is 9.99. The summed E-state index contributed by atoms with van der Waals surface area (Å²) in [6.07, 6.45) is 8.84. The summed E-state index contributed by atoms with van der Waals surface area (Å²) in [5, 5.41) is 9.77. The summed E-state index contributed by atoms with van der Waals surface area (Å²) in [5.41, 5.74) is 0. The Bertz CT molecular complexity index is 195. The van der Waals surface area contributed by atoms with Crippen LogP contribution in [0.25, 0.3) is 0 Å². The van der Waals surface area contributed by atoms with E-state index in [4.69, 9.17) is 0 Å². The van der Waals surface area contributed by atoms with Crippen LogP contribution < -0.4 is 0 Å². The molecule has 2 rings (SSSR count). The molecular weight excluding hydrogens is 186 g/mol. The second kappa shape index (κ2) is 5.31. The first-order valence-corrected chi connectivity index (χ1v) is 6.73. The van der Waals surface area contributed by atoms with Gasteiger partial charge in [-0.2, -0.15) is 0 Å². The number of rotatable bonds is 4. The van der Waals surface area contributed by atoms with Gasteiger partial charge >= 0.3 is 0 Å². The first-order chi connectivity index (χ1) is 7.31. The van der Waals surface area contributed by atoms with Crippen molar-refractivity contribution in [2.24, 2.45) is 5.92 Å². The van der Waals surface area contributed by atoms with Crippen LogP contribution in [0.4, 0.5) is 0 Å². The van der Waals surface area contributed by atoms with Gasteiger partial charge in [-0.3, -0.25) is 0 Å². The van der Waals surface area contributed by atoms with Gasteiger partial charge in [-0.05, 0) is 57.5 Å². The summed E-state index contributed by atoms with van der Waals surface area (Å²) in [6, 6.07) is 0.837. The summed E-state index contributed by atoms with van der Waals surface area (Å²) in [4.78, 5) is 2.64. The van der Waals surface area contributed by atoms with E-state index in [2.05, 4.69) is 11.8 Å². The number of nitrogens with zero attached hydrogens (tertiary/aromatic N) is 1. The van der Waals surface area contributed by atoms with Crippen molar-refractivity contribution >= 4 is 0 Å². The third-order valence-corrected chi connectivity index (χ3v) is 4.38. The lowest BCUT2D eigenvalue weighted by Gasteiger charge is -2.25. The van der Waals surface area contributed by atoms with Gasteiger partial charge in [-0.25, -0.2) is 0 Å². The SMILES string of the molecule is CCC1CCCN1CCC1CCCC1O. The Kier molecular flexibility index (Phi) is 4.04. The average molecular weight is 211 g/mol. The highest BCUT2D eigenvalue weighted by Crippen LogP contribution is 2.29. The average Bonchev–Trinajstić information content (AvgIpc) is 2.83. The van der Waals surface area contributed by atoms with E-state index >= 15 is 0 Å². The molecule has 15 heavy (non-hydrogen) atoms. The van der Waals surface area contributed by atoms with Crippen molar-refractivity contribution in [2.45, 2.75) is 64.0 Å². The summed E-state index contributed by atoms with van der Waals surface area (Å²) in [5.74, 6) is 0.600. The standard InChI is InChI=1S/C13H25NO/c1-2-12-6-4-9-14(12)10-8-11-5-3-7-13(11)15/h11-13,15H,2-10H2,1H3. The molecule has 2 nitrogen and oxygen atoms in total. The van der Waals surface area contributed by atoms with Crippen molar-refractivity contribution in [2.75, 3.05) is 13.1 Å². The fourth-order valence-electron chi connectivity index (χ4n) is 3.34. The van der Waals surface area contributed by atoms with Gasteiger partial charge in [0.05, 0.1) is 6.10 Å². The number of aliphatic hydroxyl groups is 1. The Morgan fingerprint density at radius 3 is 2.73 bits per heavy atom. The molecule has 1 aliphatic carbocycles. The van der Waals surface area contributed by atoms with Gasteiger partial charge in [0, 0.05) is 6.04 Å². The number of aliphatic hydroxyl groups excluding tert-OH is 1. The van der Waals surface area contributed by atoms with Crippen LogP contribution in [-0.2, 0) is 0 Å². The molecule has 0 amide bonds. The second-order valence-electron chi connectivity index (χ2n) is 5.29. The predicted molar refractivity (Wildman–Crippen MR) is 62.9 cm³/mol. The van der Waals surface area contributed by atoms with Crippen molar-refractivity contribution in [3.05, 3.63) is 0 Å². The molecular formula is C13H25NO. The van der Waals surface area contributed by atoms with Crippen molar-refractivity contribution in [1.29, 1.82) is 0 Å². The minimum Gasteiger partial charge on any atom is -0.393 e. The van der Waals surface area contributed by atoms with Gasteiger partial charge in [-0.1, -0.05) is 13.3 Å². The molecule has 0 aromatic heterocycles. The molecule has 0 bridgehead atoms. The van der Waals surface area contributed by atoms with Gasteiger partial charge in [-0.15, -0.1) is 0 Å². The topological polar surface area (TPSA) is 23.5 Å². The quantitative estimate of drug-likeness (QED) is 0.772. The summed E-state index contributed by atoms with van der Waals surface area (Å²) in [6.45, 7) is 4.81. The van der Waals surface area contributed by atoms with Crippen molar-refractivity contribution < 1.29 is 5.11 Å². The van der Waals surface area contributed by atoms with Gasteiger partial charge in [0.15, 0.2) is 0 Å². The first-order valence-electron chi connectivity index (χ1n) is 6.73. The molecule has 0 aromatic rings. The van der Waals surface area contributed by atoms with Crippen molar-refractivity contribution in [3.63, 3.8) is 0 Å². The Morgan fingerprint density at radius 1 is 1.20 bits per heavy atom. The van der Waals surface area contributed by atoms with Crippen LogP contribution >= 0.6 is 0 Å². The molecule has 88 valence electrons. The van der Waals surface area contributed by atoms with Crippen molar-refractivity contribution in [3.8, 4) is 0 Å². The zero-order chi connectivity index (χ0) is 10.7. The van der Waals surface area contributed by atoms with Crippen LogP contribution in [0.2, 0.25) is 0 Å². The first kappa shape index (κ1) is 11.4. The van der Waals surface area contributed by atoms with E-state index in [1.807, 2.05) is 0 Å². The van der Waals surface area contributed by atoms with Gasteiger partial charge in [0.1, 0.15) is 0 Å².